The largest absolute Gasteiger partial charge is 0.379 e. The molecule has 1 aromatic heterocycles. The van der Waals surface area contributed by atoms with Gasteiger partial charge in [-0.05, 0) is 38.8 Å². The van der Waals surface area contributed by atoms with Gasteiger partial charge in [0.05, 0.1) is 13.2 Å². The van der Waals surface area contributed by atoms with E-state index < -0.39 is 0 Å². The van der Waals surface area contributed by atoms with Gasteiger partial charge in [-0.1, -0.05) is 0 Å². The molecule has 9 heteroatoms. The second kappa shape index (κ2) is 9.65. The van der Waals surface area contributed by atoms with Crippen molar-refractivity contribution >= 4 is 23.2 Å². The van der Waals surface area contributed by atoms with Gasteiger partial charge in [0.25, 0.3) is 0 Å². The van der Waals surface area contributed by atoms with Crippen LogP contribution in [0.2, 0.25) is 0 Å². The molecule has 1 aromatic rings. The van der Waals surface area contributed by atoms with Crippen molar-refractivity contribution in [2.45, 2.75) is 31.7 Å². The van der Waals surface area contributed by atoms with Gasteiger partial charge in [0.2, 0.25) is 5.91 Å². The summed E-state index contributed by atoms with van der Waals surface area (Å²) < 4.78 is 5.36. The Morgan fingerprint density at radius 1 is 1.27 bits per heavy atom. The van der Waals surface area contributed by atoms with Crippen LogP contribution < -0.4 is 21.7 Å². The summed E-state index contributed by atoms with van der Waals surface area (Å²) in [6, 6.07) is -0.266. The zero-order valence-corrected chi connectivity index (χ0v) is 15.2. The number of hydrogen-bond donors (Lipinski definition) is 4. The molecule has 1 atom stereocenters. The first kappa shape index (κ1) is 18.8. The highest BCUT2D eigenvalue weighted by Gasteiger charge is 2.28. The van der Waals surface area contributed by atoms with E-state index in [2.05, 4.69) is 30.8 Å². The molecule has 0 radical (unpaired) electrons. The predicted octanol–water partition coefficient (Wildman–Crippen LogP) is 0.472. The van der Waals surface area contributed by atoms with Crippen LogP contribution in [0.1, 0.15) is 25.7 Å². The van der Waals surface area contributed by atoms with E-state index >= 15 is 0 Å². The smallest absolute Gasteiger partial charge is 0.247 e. The minimum Gasteiger partial charge on any atom is -0.379 e. The number of carbonyl (C=O) groups is 1. The van der Waals surface area contributed by atoms with E-state index in [0.29, 0.717) is 23.9 Å². The molecule has 0 saturated carbocycles. The highest BCUT2D eigenvalue weighted by molar-refractivity contribution is 6.04. The number of aromatic nitrogens is 2. The molecule has 1 amide bonds. The number of nitrogens with one attached hydrogen (secondary N) is 3. The van der Waals surface area contributed by atoms with Crippen molar-refractivity contribution in [2.75, 3.05) is 61.9 Å². The molecule has 0 unspecified atom stereocenters. The van der Waals surface area contributed by atoms with Gasteiger partial charge in [-0.3, -0.25) is 9.69 Å². The molecule has 26 heavy (non-hydrogen) atoms. The summed E-state index contributed by atoms with van der Waals surface area (Å²) in [5.41, 5.74) is 6.16. The van der Waals surface area contributed by atoms with Crippen LogP contribution in [0.4, 0.5) is 17.3 Å². The van der Waals surface area contributed by atoms with Gasteiger partial charge in [-0.25, -0.2) is 9.97 Å². The third-order valence-electron chi connectivity index (χ3n) is 4.72. The normalized spacial score (nSPS) is 20.2. The minimum atomic E-state index is -0.266. The van der Waals surface area contributed by atoms with Crippen LogP contribution in [0, 0.1) is 0 Å². The minimum absolute atomic E-state index is 0.0410. The lowest BCUT2D eigenvalue weighted by Crippen LogP contribution is -2.40. The maximum Gasteiger partial charge on any atom is 0.247 e. The van der Waals surface area contributed by atoms with Crippen LogP contribution in [-0.2, 0) is 9.53 Å². The van der Waals surface area contributed by atoms with Gasteiger partial charge in [-0.2, -0.15) is 0 Å². The molecule has 3 heterocycles. The van der Waals surface area contributed by atoms with Crippen molar-refractivity contribution in [2.24, 2.45) is 5.73 Å². The first-order chi connectivity index (χ1) is 12.8. The summed E-state index contributed by atoms with van der Waals surface area (Å²) >= 11 is 0. The zero-order chi connectivity index (χ0) is 18.2. The lowest BCUT2D eigenvalue weighted by Gasteiger charge is -2.28. The number of morpholine rings is 1. The van der Waals surface area contributed by atoms with E-state index in [1.54, 1.807) is 0 Å². The number of carbonyl (C=O) groups excluding carboxylic acids is 1. The Bertz CT molecular complexity index is 592. The van der Waals surface area contributed by atoms with Crippen LogP contribution in [-0.4, -0.2) is 72.8 Å². The lowest BCUT2D eigenvalue weighted by atomic mass is 10.1. The Labute approximate surface area is 154 Å². The maximum atomic E-state index is 12.3. The van der Waals surface area contributed by atoms with Gasteiger partial charge in [0, 0.05) is 19.6 Å². The quantitative estimate of drug-likeness (QED) is 0.468. The number of rotatable bonds is 9. The van der Waals surface area contributed by atoms with Gasteiger partial charge in [0.15, 0.2) is 11.6 Å². The SMILES string of the molecule is NCCCC[C@@H]1Nc2ncnc(NCCCN3CCOCC3)c2NC1=O. The highest BCUT2D eigenvalue weighted by Crippen LogP contribution is 2.31. The monoisotopic (exact) mass is 363 g/mol. The molecule has 2 aliphatic rings. The number of amides is 1. The second-order valence-electron chi connectivity index (χ2n) is 6.65. The third kappa shape index (κ3) is 5.03. The first-order valence-corrected chi connectivity index (χ1v) is 9.44. The van der Waals surface area contributed by atoms with Gasteiger partial charge < -0.3 is 26.4 Å². The summed E-state index contributed by atoms with van der Waals surface area (Å²) in [6.07, 6.45) is 5.09. The molecular formula is C17H29N7O2. The Morgan fingerprint density at radius 3 is 2.92 bits per heavy atom. The number of fused-ring (bicyclic) bond motifs is 1. The fourth-order valence-corrected chi connectivity index (χ4v) is 3.22. The second-order valence-corrected chi connectivity index (χ2v) is 6.65. The summed E-state index contributed by atoms with van der Waals surface area (Å²) in [4.78, 5) is 23.3. The van der Waals surface area contributed by atoms with Crippen molar-refractivity contribution in [1.82, 2.24) is 14.9 Å². The molecule has 0 aliphatic carbocycles. The van der Waals surface area contributed by atoms with Crippen molar-refractivity contribution in [3.8, 4) is 0 Å². The van der Waals surface area contributed by atoms with Crippen LogP contribution >= 0.6 is 0 Å². The van der Waals surface area contributed by atoms with Crippen molar-refractivity contribution in [3.63, 3.8) is 0 Å². The Hall–Kier alpha value is -1.97. The average molecular weight is 363 g/mol. The van der Waals surface area contributed by atoms with Crippen LogP contribution in [0.25, 0.3) is 0 Å². The maximum absolute atomic E-state index is 12.3. The lowest BCUT2D eigenvalue weighted by molar-refractivity contribution is -0.117. The molecular weight excluding hydrogens is 334 g/mol. The Kier molecular flexibility index (Phi) is 6.98. The van der Waals surface area contributed by atoms with Crippen molar-refractivity contribution in [3.05, 3.63) is 6.33 Å². The van der Waals surface area contributed by atoms with Crippen LogP contribution in [0.5, 0.6) is 0 Å². The molecule has 3 rings (SSSR count). The van der Waals surface area contributed by atoms with E-state index in [-0.39, 0.29) is 11.9 Å². The molecule has 1 saturated heterocycles. The zero-order valence-electron chi connectivity index (χ0n) is 15.2. The number of anilines is 3. The first-order valence-electron chi connectivity index (χ1n) is 9.44. The molecule has 9 nitrogen and oxygen atoms in total. The molecule has 0 aromatic carbocycles. The van der Waals surface area contributed by atoms with Crippen molar-refractivity contribution < 1.29 is 9.53 Å². The Morgan fingerprint density at radius 2 is 2.12 bits per heavy atom. The van der Waals surface area contributed by atoms with Gasteiger partial charge in [-0.15, -0.1) is 0 Å². The number of ether oxygens (including phenoxy) is 1. The molecule has 0 spiro atoms. The van der Waals surface area contributed by atoms with E-state index in [1.165, 1.54) is 6.33 Å². The summed E-state index contributed by atoms with van der Waals surface area (Å²) in [5, 5.41) is 9.49. The summed E-state index contributed by atoms with van der Waals surface area (Å²) in [6.45, 7) is 6.08. The number of nitrogens with zero attached hydrogens (tertiary/aromatic N) is 3. The Balaban J connectivity index is 1.50. The van der Waals surface area contributed by atoms with E-state index in [4.69, 9.17) is 10.5 Å². The van der Waals surface area contributed by atoms with Gasteiger partial charge >= 0.3 is 0 Å². The highest BCUT2D eigenvalue weighted by atomic mass is 16.5. The van der Waals surface area contributed by atoms with Gasteiger partial charge in [0.1, 0.15) is 18.1 Å². The fourth-order valence-electron chi connectivity index (χ4n) is 3.22. The summed E-state index contributed by atoms with van der Waals surface area (Å²) in [7, 11) is 0. The molecule has 0 bridgehead atoms. The van der Waals surface area contributed by atoms with Crippen molar-refractivity contribution in [1.29, 1.82) is 0 Å². The number of unbranched alkanes of at least 4 members (excludes halogenated alkanes) is 1. The fraction of sp³-hybridized carbons (Fsp3) is 0.706. The topological polar surface area (TPSA) is 117 Å². The molecule has 2 aliphatic heterocycles. The molecule has 1 fully saturated rings. The standard InChI is InChI=1S/C17H29N7O2/c18-5-2-1-4-13-17(25)23-14-15(20-12-21-16(14)22-13)19-6-3-7-24-8-10-26-11-9-24/h12-13H,1-11,18H2,(H,23,25)(H2,19,20,21,22)/t13-/m0/s1. The van der Waals surface area contributed by atoms with E-state index in [0.717, 1.165) is 65.1 Å². The molecule has 144 valence electrons. The summed E-state index contributed by atoms with van der Waals surface area (Å²) in [5.74, 6) is 1.30. The van der Waals surface area contributed by atoms with Crippen LogP contribution in [0.15, 0.2) is 6.33 Å². The van der Waals surface area contributed by atoms with E-state index in [1.807, 2.05) is 0 Å². The average Bonchev–Trinajstić information content (AvgIpc) is 2.67. The number of hydrogen-bond acceptors (Lipinski definition) is 8. The predicted molar refractivity (Wildman–Crippen MR) is 101 cm³/mol. The molecule has 5 N–H and O–H groups in total. The van der Waals surface area contributed by atoms with E-state index in [9.17, 15) is 4.79 Å². The van der Waals surface area contributed by atoms with Crippen LogP contribution in [0.3, 0.4) is 0 Å². The third-order valence-corrected chi connectivity index (χ3v) is 4.72. The number of nitrogens with two attached hydrogens (primary N) is 1.